The van der Waals surface area contributed by atoms with E-state index in [1.54, 1.807) is 24.5 Å². The molecule has 26 heavy (non-hydrogen) atoms. The van der Waals surface area contributed by atoms with Gasteiger partial charge in [-0.2, -0.15) is 0 Å². The van der Waals surface area contributed by atoms with Crippen LogP contribution in [0.5, 0.6) is 0 Å². The van der Waals surface area contributed by atoms with Gasteiger partial charge in [-0.05, 0) is 50.3 Å². The molecule has 136 valence electrons. The van der Waals surface area contributed by atoms with Gasteiger partial charge in [0.25, 0.3) is 10.0 Å². The summed E-state index contributed by atoms with van der Waals surface area (Å²) in [6, 6.07) is 11.1. The van der Waals surface area contributed by atoms with Gasteiger partial charge in [0.1, 0.15) is 4.90 Å². The van der Waals surface area contributed by atoms with Crippen LogP contribution in [0.4, 0.5) is 5.69 Å². The highest BCUT2D eigenvalue weighted by Gasteiger charge is 2.20. The van der Waals surface area contributed by atoms with E-state index >= 15 is 0 Å². The minimum atomic E-state index is -3.66. The first-order valence-corrected chi connectivity index (χ1v) is 10.2. The second-order valence-electron chi connectivity index (χ2n) is 6.69. The lowest BCUT2D eigenvalue weighted by molar-refractivity contribution is 0.360. The van der Waals surface area contributed by atoms with Crippen molar-refractivity contribution in [2.75, 3.05) is 38.1 Å². The van der Waals surface area contributed by atoms with Crippen LogP contribution in [-0.2, 0) is 10.0 Å². The number of anilines is 1. The van der Waals surface area contributed by atoms with E-state index in [4.69, 9.17) is 0 Å². The molecule has 2 aromatic heterocycles. The average Bonchev–Trinajstić information content (AvgIpc) is 2.97. The molecule has 0 saturated carbocycles. The topological polar surface area (TPSA) is 58.4 Å². The Morgan fingerprint density at radius 2 is 1.92 bits per heavy atom. The fourth-order valence-corrected chi connectivity index (χ4v) is 4.73. The molecular formula is C19H22N4O2S. The first-order chi connectivity index (χ1) is 12.6. The molecule has 3 aromatic rings. The largest absolute Gasteiger partial charge is 0.370 e. The quantitative estimate of drug-likeness (QED) is 0.709. The number of benzene rings is 1. The van der Waals surface area contributed by atoms with Crippen LogP contribution < -0.4 is 4.90 Å². The van der Waals surface area contributed by atoms with E-state index in [9.17, 15) is 8.42 Å². The Hall–Kier alpha value is -2.38. The highest BCUT2D eigenvalue weighted by molar-refractivity contribution is 7.90. The van der Waals surface area contributed by atoms with Gasteiger partial charge in [0.2, 0.25) is 0 Å². The van der Waals surface area contributed by atoms with Crippen molar-refractivity contribution in [3.8, 4) is 0 Å². The zero-order valence-corrected chi connectivity index (χ0v) is 15.6. The van der Waals surface area contributed by atoms with Crippen molar-refractivity contribution in [2.24, 2.45) is 0 Å². The molecule has 1 saturated heterocycles. The van der Waals surface area contributed by atoms with Gasteiger partial charge in [0, 0.05) is 49.3 Å². The van der Waals surface area contributed by atoms with Crippen molar-refractivity contribution < 1.29 is 8.42 Å². The van der Waals surface area contributed by atoms with Crippen molar-refractivity contribution >= 4 is 26.6 Å². The highest BCUT2D eigenvalue weighted by atomic mass is 32.2. The van der Waals surface area contributed by atoms with E-state index in [0.717, 1.165) is 43.7 Å². The maximum Gasteiger partial charge on any atom is 0.269 e. The Morgan fingerprint density at radius 1 is 1.04 bits per heavy atom. The average molecular weight is 370 g/mol. The summed E-state index contributed by atoms with van der Waals surface area (Å²) < 4.78 is 27.3. The van der Waals surface area contributed by atoms with Crippen molar-refractivity contribution in [2.45, 2.75) is 11.3 Å². The normalized spacial score (nSPS) is 16.7. The summed E-state index contributed by atoms with van der Waals surface area (Å²) in [5.41, 5.74) is 1.76. The van der Waals surface area contributed by atoms with E-state index < -0.39 is 10.0 Å². The Bertz CT molecular complexity index is 1010. The Morgan fingerprint density at radius 3 is 2.73 bits per heavy atom. The summed E-state index contributed by atoms with van der Waals surface area (Å²) in [5, 5.41) is 0.910. The van der Waals surface area contributed by atoms with Gasteiger partial charge < -0.3 is 9.80 Å². The minimum absolute atomic E-state index is 0.194. The molecule has 0 N–H and O–H groups in total. The van der Waals surface area contributed by atoms with Crippen LogP contribution in [0.15, 0.2) is 59.9 Å². The SMILES string of the molecule is CN1CCCN(c2ccc3ccn(S(=O)(=O)c4cccnc4)c3c2)CC1. The van der Waals surface area contributed by atoms with E-state index in [2.05, 4.69) is 27.9 Å². The number of likely N-dealkylation sites (N-methyl/N-ethyl adjacent to an activating group) is 1. The molecule has 3 heterocycles. The molecule has 1 aliphatic heterocycles. The van der Waals surface area contributed by atoms with Crippen LogP contribution in [-0.4, -0.2) is 55.5 Å². The van der Waals surface area contributed by atoms with Crippen LogP contribution in [0, 0.1) is 0 Å². The monoisotopic (exact) mass is 370 g/mol. The Balaban J connectivity index is 1.76. The second-order valence-corrected chi connectivity index (χ2v) is 8.51. The van der Waals surface area contributed by atoms with Crippen molar-refractivity contribution in [1.82, 2.24) is 13.9 Å². The fourth-order valence-electron chi connectivity index (χ4n) is 3.42. The van der Waals surface area contributed by atoms with Gasteiger partial charge in [-0.25, -0.2) is 12.4 Å². The maximum atomic E-state index is 13.0. The molecule has 0 atom stereocenters. The van der Waals surface area contributed by atoms with Crippen LogP contribution in [0.25, 0.3) is 10.9 Å². The second kappa shape index (κ2) is 6.74. The molecule has 0 bridgehead atoms. The number of hydrogen-bond donors (Lipinski definition) is 0. The third kappa shape index (κ3) is 3.08. The van der Waals surface area contributed by atoms with Crippen LogP contribution in [0.2, 0.25) is 0 Å². The fraction of sp³-hybridized carbons (Fsp3) is 0.316. The van der Waals surface area contributed by atoms with E-state index in [1.165, 1.54) is 10.2 Å². The summed E-state index contributed by atoms with van der Waals surface area (Å²) in [6.07, 6.45) is 5.67. The van der Waals surface area contributed by atoms with Gasteiger partial charge in [-0.15, -0.1) is 0 Å². The van der Waals surface area contributed by atoms with Crippen LogP contribution in [0.3, 0.4) is 0 Å². The summed E-state index contributed by atoms with van der Waals surface area (Å²) >= 11 is 0. The Kier molecular flexibility index (Phi) is 4.42. The molecule has 1 fully saturated rings. The van der Waals surface area contributed by atoms with Crippen molar-refractivity contribution in [3.63, 3.8) is 0 Å². The molecule has 0 aliphatic carbocycles. The lowest BCUT2D eigenvalue weighted by atomic mass is 10.2. The number of nitrogens with zero attached hydrogens (tertiary/aromatic N) is 4. The molecule has 6 nitrogen and oxygen atoms in total. The zero-order valence-electron chi connectivity index (χ0n) is 14.7. The lowest BCUT2D eigenvalue weighted by Crippen LogP contribution is -2.28. The number of hydrogen-bond acceptors (Lipinski definition) is 5. The van der Waals surface area contributed by atoms with Gasteiger partial charge in [-0.3, -0.25) is 4.98 Å². The third-order valence-electron chi connectivity index (χ3n) is 4.92. The molecule has 1 aromatic carbocycles. The van der Waals surface area contributed by atoms with E-state index in [1.807, 2.05) is 18.2 Å². The molecular weight excluding hydrogens is 348 g/mol. The van der Waals surface area contributed by atoms with Crippen molar-refractivity contribution in [1.29, 1.82) is 0 Å². The number of rotatable bonds is 3. The summed E-state index contributed by atoms with van der Waals surface area (Å²) in [6.45, 7) is 4.02. The molecule has 4 rings (SSSR count). The van der Waals surface area contributed by atoms with Gasteiger partial charge in [0.05, 0.1) is 5.52 Å². The van der Waals surface area contributed by atoms with Crippen molar-refractivity contribution in [3.05, 3.63) is 55.0 Å². The van der Waals surface area contributed by atoms with Crippen LogP contribution >= 0.6 is 0 Å². The lowest BCUT2D eigenvalue weighted by Gasteiger charge is -2.23. The minimum Gasteiger partial charge on any atom is -0.370 e. The summed E-state index contributed by atoms with van der Waals surface area (Å²) in [7, 11) is -1.52. The molecule has 0 amide bonds. The first kappa shape index (κ1) is 17.1. The molecule has 1 aliphatic rings. The molecule has 0 unspecified atom stereocenters. The number of aromatic nitrogens is 2. The first-order valence-electron chi connectivity index (χ1n) is 8.76. The molecule has 0 radical (unpaired) electrons. The smallest absolute Gasteiger partial charge is 0.269 e. The number of fused-ring (bicyclic) bond motifs is 1. The van der Waals surface area contributed by atoms with E-state index in [-0.39, 0.29) is 4.90 Å². The molecule has 7 heteroatoms. The third-order valence-corrected chi connectivity index (χ3v) is 6.59. The van der Waals surface area contributed by atoms with Crippen LogP contribution in [0.1, 0.15) is 6.42 Å². The predicted molar refractivity (Wildman–Crippen MR) is 103 cm³/mol. The number of pyridine rings is 1. The standard InChI is InChI=1S/C19H22N4O2S/c1-21-9-3-10-22(13-12-21)17-6-5-16-7-11-23(19(16)14-17)26(24,25)18-4-2-8-20-15-18/h2,4-8,11,14-15H,3,9-10,12-13H2,1H3. The zero-order chi connectivity index (χ0) is 18.1. The van der Waals surface area contributed by atoms with E-state index in [0.29, 0.717) is 5.52 Å². The van der Waals surface area contributed by atoms with Gasteiger partial charge in [-0.1, -0.05) is 6.07 Å². The highest BCUT2D eigenvalue weighted by Crippen LogP contribution is 2.27. The summed E-state index contributed by atoms with van der Waals surface area (Å²) in [4.78, 5) is 8.80. The summed E-state index contributed by atoms with van der Waals surface area (Å²) in [5.74, 6) is 0. The van der Waals surface area contributed by atoms with Gasteiger partial charge in [0.15, 0.2) is 0 Å². The Labute approximate surface area is 153 Å². The van der Waals surface area contributed by atoms with Gasteiger partial charge >= 0.3 is 0 Å². The molecule has 0 spiro atoms. The predicted octanol–water partition coefficient (Wildman–Crippen LogP) is 2.42. The maximum absolute atomic E-state index is 13.0.